The first-order chi connectivity index (χ1) is 18.1. The summed E-state index contributed by atoms with van der Waals surface area (Å²) in [4.78, 5) is 14.5. The number of nitriles is 1. The SMILES string of the molecule is C=CO.CC.CC.CCc1ccc(CNCCN(C)c2ccc(/C=C(\C#N)C(=O)CC(C)(C)C)cc2)cc1. The Bertz CT molecular complexity index is 963. The number of aliphatic hydroxyl groups excluding tert-OH is 1. The molecule has 2 aromatic rings. The normalized spacial score (nSPS) is 10.3. The van der Waals surface area contributed by atoms with Gasteiger partial charge >= 0.3 is 0 Å². The number of carbonyl (C=O) groups excluding carboxylic acids is 1. The topological polar surface area (TPSA) is 76.4 Å². The molecule has 0 spiro atoms. The summed E-state index contributed by atoms with van der Waals surface area (Å²) in [5.41, 5.74) is 4.71. The van der Waals surface area contributed by atoms with E-state index < -0.39 is 0 Å². The average Bonchev–Trinajstić information content (AvgIpc) is 2.92. The van der Waals surface area contributed by atoms with Gasteiger partial charge < -0.3 is 15.3 Å². The van der Waals surface area contributed by atoms with Crippen molar-refractivity contribution in [2.45, 2.75) is 74.8 Å². The highest BCUT2D eigenvalue weighted by Crippen LogP contribution is 2.22. The van der Waals surface area contributed by atoms with Crippen LogP contribution in [0, 0.1) is 16.7 Å². The number of likely N-dealkylation sites (N-methyl/N-ethyl adjacent to an activating group) is 1. The minimum Gasteiger partial charge on any atom is -0.516 e. The summed E-state index contributed by atoms with van der Waals surface area (Å²) in [5, 5.41) is 20.2. The zero-order valence-corrected chi connectivity index (χ0v) is 25.3. The molecule has 0 bridgehead atoms. The van der Waals surface area contributed by atoms with Gasteiger partial charge in [0.2, 0.25) is 0 Å². The number of aliphatic hydroxyl groups is 1. The molecule has 2 N–H and O–H groups in total. The first-order valence-electron chi connectivity index (χ1n) is 13.6. The maximum atomic E-state index is 12.3. The molecule has 0 aliphatic rings. The summed E-state index contributed by atoms with van der Waals surface area (Å²) in [7, 11) is 2.07. The number of rotatable bonds is 10. The number of hydrogen-bond acceptors (Lipinski definition) is 5. The van der Waals surface area contributed by atoms with Crippen molar-refractivity contribution in [3.63, 3.8) is 0 Å². The van der Waals surface area contributed by atoms with Crippen LogP contribution in [0.1, 0.15) is 78.5 Å². The van der Waals surface area contributed by atoms with Gasteiger partial charge in [-0.3, -0.25) is 4.79 Å². The van der Waals surface area contributed by atoms with E-state index >= 15 is 0 Å². The smallest absolute Gasteiger partial charge is 0.173 e. The first kappa shape index (κ1) is 36.8. The molecule has 0 aromatic heterocycles. The fraction of sp³-hybridized carbons (Fsp3) is 0.455. The van der Waals surface area contributed by atoms with Crippen molar-refractivity contribution in [1.82, 2.24) is 5.32 Å². The molecule has 5 nitrogen and oxygen atoms in total. The van der Waals surface area contributed by atoms with Crippen molar-refractivity contribution in [3.8, 4) is 6.07 Å². The molecule has 210 valence electrons. The lowest BCUT2D eigenvalue weighted by atomic mass is 9.87. The lowest BCUT2D eigenvalue weighted by molar-refractivity contribution is -0.116. The van der Waals surface area contributed by atoms with Crippen LogP contribution in [0.4, 0.5) is 5.69 Å². The van der Waals surface area contributed by atoms with Crippen molar-refractivity contribution in [2.75, 3.05) is 25.0 Å². The lowest BCUT2D eigenvalue weighted by Crippen LogP contribution is -2.28. The third kappa shape index (κ3) is 16.4. The summed E-state index contributed by atoms with van der Waals surface area (Å²) in [5.74, 6) is -0.105. The molecular formula is C33H51N3O2. The number of carbonyl (C=O) groups is 1. The van der Waals surface area contributed by atoms with Crippen LogP contribution in [0.25, 0.3) is 6.08 Å². The van der Waals surface area contributed by atoms with Gasteiger partial charge in [0.25, 0.3) is 0 Å². The van der Waals surface area contributed by atoms with Crippen molar-refractivity contribution >= 4 is 17.5 Å². The molecule has 5 heteroatoms. The molecule has 0 heterocycles. The second kappa shape index (κ2) is 21.7. The standard InChI is InChI=1S/C27H35N3O.C2H4O.2C2H6/c1-6-21-7-9-23(10-8-21)20-29-15-16-30(5)25-13-11-22(12-14-25)17-24(19-28)26(31)18-27(2,3)4;1-2-3;2*1-2/h7-14,17,29H,6,15-16,18,20H2,1-5H3;2-3H,1H2;2*1-2H3/b24-17+;;;. The van der Waals surface area contributed by atoms with Gasteiger partial charge in [0, 0.05) is 38.8 Å². The second-order valence-corrected chi connectivity index (χ2v) is 9.37. The van der Waals surface area contributed by atoms with E-state index in [1.807, 2.05) is 72.7 Å². The highest BCUT2D eigenvalue weighted by Gasteiger charge is 2.19. The van der Waals surface area contributed by atoms with Gasteiger partial charge in [-0.15, -0.1) is 0 Å². The van der Waals surface area contributed by atoms with Crippen molar-refractivity contribution in [2.24, 2.45) is 5.41 Å². The Kier molecular flexibility index (Phi) is 21.0. The van der Waals surface area contributed by atoms with Crippen LogP contribution in [0.2, 0.25) is 0 Å². The van der Waals surface area contributed by atoms with Gasteiger partial charge in [-0.2, -0.15) is 5.26 Å². The predicted molar refractivity (Wildman–Crippen MR) is 165 cm³/mol. The monoisotopic (exact) mass is 521 g/mol. The molecule has 0 saturated carbocycles. The Labute approximate surface area is 232 Å². The molecule has 38 heavy (non-hydrogen) atoms. The Morgan fingerprint density at radius 1 is 1.03 bits per heavy atom. The van der Waals surface area contributed by atoms with Crippen LogP contribution >= 0.6 is 0 Å². The first-order valence-corrected chi connectivity index (χ1v) is 13.6. The van der Waals surface area contributed by atoms with Gasteiger partial charge in [0.05, 0.1) is 11.8 Å². The summed E-state index contributed by atoms with van der Waals surface area (Å²) in [6, 6.07) is 18.8. The van der Waals surface area contributed by atoms with E-state index in [0.29, 0.717) is 6.42 Å². The minimum atomic E-state index is -0.132. The summed E-state index contributed by atoms with van der Waals surface area (Å²) >= 11 is 0. The van der Waals surface area contributed by atoms with Crippen LogP contribution in [0.3, 0.4) is 0 Å². The fourth-order valence-corrected chi connectivity index (χ4v) is 3.25. The van der Waals surface area contributed by atoms with Crippen molar-refractivity contribution in [1.29, 1.82) is 5.26 Å². The van der Waals surface area contributed by atoms with E-state index in [2.05, 4.69) is 61.1 Å². The number of hydrogen-bond donors (Lipinski definition) is 2. The maximum Gasteiger partial charge on any atom is 0.173 e. The van der Waals surface area contributed by atoms with Crippen LogP contribution in [0.5, 0.6) is 0 Å². The highest BCUT2D eigenvalue weighted by atomic mass is 16.2. The van der Waals surface area contributed by atoms with E-state index in [1.165, 1.54) is 11.1 Å². The van der Waals surface area contributed by atoms with E-state index in [9.17, 15) is 10.1 Å². The number of anilines is 1. The van der Waals surface area contributed by atoms with Gasteiger partial charge in [0.1, 0.15) is 6.07 Å². The number of nitrogens with one attached hydrogen (secondary N) is 1. The zero-order chi connectivity index (χ0) is 29.6. The molecule has 0 saturated heterocycles. The number of Topliss-reactive ketones (excluding diaryl/α,β-unsaturated/α-hetero) is 1. The Morgan fingerprint density at radius 2 is 1.53 bits per heavy atom. The van der Waals surface area contributed by atoms with Crippen molar-refractivity contribution < 1.29 is 9.90 Å². The molecule has 2 aromatic carbocycles. The molecular weight excluding hydrogens is 470 g/mol. The maximum absolute atomic E-state index is 12.3. The molecule has 0 unspecified atom stereocenters. The Morgan fingerprint density at radius 3 is 1.97 bits per heavy atom. The molecule has 0 amide bonds. The van der Waals surface area contributed by atoms with Crippen LogP contribution < -0.4 is 10.2 Å². The van der Waals surface area contributed by atoms with E-state index in [1.54, 1.807) is 6.08 Å². The van der Waals surface area contributed by atoms with E-state index in [0.717, 1.165) is 43.6 Å². The van der Waals surface area contributed by atoms with Gasteiger partial charge in [-0.25, -0.2) is 0 Å². The van der Waals surface area contributed by atoms with Gasteiger partial charge in [-0.05, 0) is 46.7 Å². The quantitative estimate of drug-likeness (QED) is 0.143. The second-order valence-electron chi connectivity index (χ2n) is 9.37. The summed E-state index contributed by atoms with van der Waals surface area (Å²) in [6.45, 7) is 21.7. The highest BCUT2D eigenvalue weighted by molar-refractivity contribution is 6.03. The summed E-state index contributed by atoms with van der Waals surface area (Å²) in [6.07, 6.45) is 3.87. The largest absolute Gasteiger partial charge is 0.516 e. The Hall–Kier alpha value is -3.36. The molecule has 2 rings (SSSR count). The predicted octanol–water partition coefficient (Wildman–Crippen LogP) is 8.13. The number of aryl methyl sites for hydroxylation is 1. The van der Waals surface area contributed by atoms with E-state index in [4.69, 9.17) is 5.11 Å². The molecule has 0 aliphatic heterocycles. The van der Waals surface area contributed by atoms with Crippen LogP contribution in [0.15, 0.2) is 66.9 Å². The number of ketones is 1. The average molecular weight is 522 g/mol. The van der Waals surface area contributed by atoms with Crippen molar-refractivity contribution in [3.05, 3.63) is 83.6 Å². The molecule has 0 atom stereocenters. The summed E-state index contributed by atoms with van der Waals surface area (Å²) < 4.78 is 0. The molecule has 0 fully saturated rings. The minimum absolute atomic E-state index is 0.105. The third-order valence-electron chi connectivity index (χ3n) is 5.14. The number of allylic oxidation sites excluding steroid dienone is 1. The van der Waals surface area contributed by atoms with Crippen LogP contribution in [-0.2, 0) is 17.8 Å². The molecule has 0 aliphatic carbocycles. The number of benzene rings is 2. The molecule has 0 radical (unpaired) electrons. The fourth-order valence-electron chi connectivity index (χ4n) is 3.25. The van der Waals surface area contributed by atoms with E-state index in [-0.39, 0.29) is 16.8 Å². The Balaban J connectivity index is 0. The van der Waals surface area contributed by atoms with Gasteiger partial charge in [-0.1, -0.05) is 98.4 Å². The van der Waals surface area contributed by atoms with Crippen LogP contribution in [-0.4, -0.2) is 31.0 Å². The number of nitrogens with zero attached hydrogens (tertiary/aromatic N) is 2. The zero-order valence-electron chi connectivity index (χ0n) is 25.3. The third-order valence-corrected chi connectivity index (χ3v) is 5.14. The lowest BCUT2D eigenvalue weighted by Gasteiger charge is -2.20. The van der Waals surface area contributed by atoms with Gasteiger partial charge in [0.15, 0.2) is 5.78 Å².